The van der Waals surface area contributed by atoms with Crippen molar-refractivity contribution in [3.63, 3.8) is 0 Å². The summed E-state index contributed by atoms with van der Waals surface area (Å²) in [4.78, 5) is 38.5. The Morgan fingerprint density at radius 3 is 2.33 bits per heavy atom. The Morgan fingerprint density at radius 2 is 1.64 bits per heavy atom. The summed E-state index contributed by atoms with van der Waals surface area (Å²) >= 11 is 0. The highest BCUT2D eigenvalue weighted by atomic mass is 16.5. The lowest BCUT2D eigenvalue weighted by Gasteiger charge is -2.31. The Hall–Kier alpha value is -3.55. The van der Waals surface area contributed by atoms with Crippen LogP contribution in [-0.4, -0.2) is 48.9 Å². The van der Waals surface area contributed by atoms with Crippen LogP contribution in [0.15, 0.2) is 48.5 Å². The Kier molecular flexibility index (Phi) is 8.69. The van der Waals surface area contributed by atoms with E-state index in [-0.39, 0.29) is 24.3 Å². The number of amides is 3. The van der Waals surface area contributed by atoms with Crippen LogP contribution in [0.25, 0.3) is 0 Å². The largest absolute Gasteiger partial charge is 0.493 e. The zero-order valence-corrected chi connectivity index (χ0v) is 19.1. The molecule has 2 aromatic carbocycles. The van der Waals surface area contributed by atoms with Gasteiger partial charge in [-0.05, 0) is 62.1 Å². The van der Waals surface area contributed by atoms with E-state index in [9.17, 15) is 14.4 Å². The van der Waals surface area contributed by atoms with Crippen molar-refractivity contribution >= 4 is 17.7 Å². The summed E-state index contributed by atoms with van der Waals surface area (Å²) in [7, 11) is 0. The lowest BCUT2D eigenvalue weighted by atomic mass is 9.96. The number of carbonyl (C=O) groups is 3. The van der Waals surface area contributed by atoms with Crippen LogP contribution in [0.1, 0.15) is 30.4 Å². The molecular weight excluding hydrogens is 422 g/mol. The van der Waals surface area contributed by atoms with Gasteiger partial charge in [-0.25, -0.2) is 0 Å². The lowest BCUT2D eigenvalue weighted by molar-refractivity contribution is -0.137. The minimum absolute atomic E-state index is 0.0154. The van der Waals surface area contributed by atoms with E-state index in [0.29, 0.717) is 44.7 Å². The molecule has 0 atom stereocenters. The van der Waals surface area contributed by atoms with E-state index in [0.717, 1.165) is 16.9 Å². The second-order valence-corrected chi connectivity index (χ2v) is 8.14. The van der Waals surface area contributed by atoms with Gasteiger partial charge in [-0.2, -0.15) is 0 Å². The smallest absolute Gasteiger partial charge is 0.276 e. The average molecular weight is 454 g/mol. The number of likely N-dealkylation sites (tertiary alicyclic amines) is 1. The van der Waals surface area contributed by atoms with Gasteiger partial charge in [0.15, 0.2) is 6.61 Å². The maximum atomic E-state index is 12.4. The van der Waals surface area contributed by atoms with Crippen LogP contribution in [-0.2, 0) is 14.4 Å². The first-order valence-electron chi connectivity index (χ1n) is 11.2. The lowest BCUT2D eigenvalue weighted by Crippen LogP contribution is -2.49. The molecule has 8 heteroatoms. The summed E-state index contributed by atoms with van der Waals surface area (Å²) in [6.45, 7) is 5.11. The number of para-hydroxylation sites is 1. The summed E-state index contributed by atoms with van der Waals surface area (Å²) in [6.07, 6.45) is 1.39. The van der Waals surface area contributed by atoms with Crippen molar-refractivity contribution < 1.29 is 23.9 Å². The Balaban J connectivity index is 1.31. The van der Waals surface area contributed by atoms with Crippen LogP contribution in [0.4, 0.5) is 0 Å². The predicted molar refractivity (Wildman–Crippen MR) is 124 cm³/mol. The summed E-state index contributed by atoms with van der Waals surface area (Å²) in [5, 5.41) is 0. The van der Waals surface area contributed by atoms with Gasteiger partial charge in [-0.15, -0.1) is 0 Å². The first-order chi connectivity index (χ1) is 15.9. The van der Waals surface area contributed by atoms with Crippen molar-refractivity contribution in [1.82, 2.24) is 15.8 Å². The van der Waals surface area contributed by atoms with Crippen LogP contribution < -0.4 is 20.3 Å². The number of carbonyl (C=O) groups excluding carboxylic acids is 3. The van der Waals surface area contributed by atoms with E-state index in [4.69, 9.17) is 9.47 Å². The standard InChI is InChI=1S/C25H31N3O5/c1-18-8-9-22(16-19(18)2)33-17-23(29)26-27-25(31)20-10-13-28(14-11-20)24(30)12-15-32-21-6-4-3-5-7-21/h3-9,16,20H,10-15,17H2,1-2H3,(H,26,29)(H,27,31). The molecule has 1 aliphatic heterocycles. The van der Waals surface area contributed by atoms with E-state index >= 15 is 0 Å². The normalized spacial score (nSPS) is 13.8. The molecule has 0 unspecified atom stereocenters. The average Bonchev–Trinajstić information content (AvgIpc) is 2.84. The molecule has 176 valence electrons. The molecule has 3 rings (SSSR count). The van der Waals surface area contributed by atoms with Gasteiger partial charge in [-0.3, -0.25) is 25.2 Å². The number of hydrazine groups is 1. The molecular formula is C25H31N3O5. The third-order valence-electron chi connectivity index (χ3n) is 5.72. The number of rotatable bonds is 8. The molecule has 0 spiro atoms. The van der Waals surface area contributed by atoms with Crippen molar-refractivity contribution in [2.75, 3.05) is 26.3 Å². The van der Waals surface area contributed by atoms with Gasteiger partial charge in [0.25, 0.3) is 5.91 Å². The molecule has 1 aliphatic rings. The molecule has 1 heterocycles. The second kappa shape index (κ2) is 11.9. The van der Waals surface area contributed by atoms with E-state index in [1.807, 2.05) is 56.3 Å². The van der Waals surface area contributed by atoms with Gasteiger partial charge in [0, 0.05) is 19.0 Å². The first kappa shape index (κ1) is 24.1. The number of hydrogen-bond donors (Lipinski definition) is 2. The van der Waals surface area contributed by atoms with Crippen molar-refractivity contribution in [1.29, 1.82) is 0 Å². The molecule has 0 bridgehead atoms. The third-order valence-corrected chi connectivity index (χ3v) is 5.72. The fourth-order valence-electron chi connectivity index (χ4n) is 3.54. The van der Waals surface area contributed by atoms with Gasteiger partial charge in [-0.1, -0.05) is 24.3 Å². The Labute approximate surface area is 194 Å². The minimum Gasteiger partial charge on any atom is -0.493 e. The Bertz CT molecular complexity index is 956. The van der Waals surface area contributed by atoms with Crippen LogP contribution in [0.3, 0.4) is 0 Å². The molecule has 3 amide bonds. The molecule has 33 heavy (non-hydrogen) atoms. The van der Waals surface area contributed by atoms with Gasteiger partial charge >= 0.3 is 0 Å². The number of hydrogen-bond acceptors (Lipinski definition) is 5. The zero-order valence-electron chi connectivity index (χ0n) is 19.1. The molecule has 0 saturated carbocycles. The summed E-state index contributed by atoms with van der Waals surface area (Å²) in [5.41, 5.74) is 7.08. The number of nitrogens with zero attached hydrogens (tertiary/aromatic N) is 1. The molecule has 1 fully saturated rings. The number of nitrogens with one attached hydrogen (secondary N) is 2. The van der Waals surface area contributed by atoms with Crippen LogP contribution in [0, 0.1) is 19.8 Å². The van der Waals surface area contributed by atoms with Gasteiger partial charge in [0.2, 0.25) is 11.8 Å². The molecule has 1 saturated heterocycles. The highest BCUT2D eigenvalue weighted by Gasteiger charge is 2.27. The van der Waals surface area contributed by atoms with Crippen molar-refractivity contribution in [3.8, 4) is 11.5 Å². The first-order valence-corrected chi connectivity index (χ1v) is 11.2. The highest BCUT2D eigenvalue weighted by molar-refractivity contribution is 5.84. The fourth-order valence-corrected chi connectivity index (χ4v) is 3.54. The predicted octanol–water partition coefficient (Wildman–Crippen LogP) is 2.54. The van der Waals surface area contributed by atoms with E-state index in [1.54, 1.807) is 11.0 Å². The van der Waals surface area contributed by atoms with Gasteiger partial charge < -0.3 is 14.4 Å². The molecule has 2 N–H and O–H groups in total. The minimum atomic E-state index is -0.437. The summed E-state index contributed by atoms with van der Waals surface area (Å²) < 4.78 is 11.0. The van der Waals surface area contributed by atoms with Crippen LogP contribution in [0.2, 0.25) is 0 Å². The van der Waals surface area contributed by atoms with Gasteiger partial charge in [0.1, 0.15) is 11.5 Å². The molecule has 2 aromatic rings. The van der Waals surface area contributed by atoms with E-state index < -0.39 is 5.91 Å². The Morgan fingerprint density at radius 1 is 0.909 bits per heavy atom. The summed E-state index contributed by atoms with van der Waals surface area (Å²) in [5.74, 6) is 0.409. The number of aryl methyl sites for hydroxylation is 2. The quantitative estimate of drug-likeness (QED) is 0.599. The maximum Gasteiger partial charge on any atom is 0.276 e. The number of benzene rings is 2. The molecule has 0 aromatic heterocycles. The van der Waals surface area contributed by atoms with Crippen molar-refractivity contribution in [2.45, 2.75) is 33.1 Å². The van der Waals surface area contributed by atoms with E-state index in [1.165, 1.54) is 0 Å². The van der Waals surface area contributed by atoms with Gasteiger partial charge in [0.05, 0.1) is 13.0 Å². The third kappa shape index (κ3) is 7.52. The fraction of sp³-hybridized carbons (Fsp3) is 0.400. The highest BCUT2D eigenvalue weighted by Crippen LogP contribution is 2.18. The molecule has 0 aliphatic carbocycles. The zero-order chi connectivity index (χ0) is 23.6. The second-order valence-electron chi connectivity index (χ2n) is 8.14. The molecule has 0 radical (unpaired) electrons. The maximum absolute atomic E-state index is 12.4. The number of piperidine rings is 1. The molecule has 8 nitrogen and oxygen atoms in total. The van der Waals surface area contributed by atoms with Crippen molar-refractivity contribution in [2.24, 2.45) is 5.92 Å². The monoisotopic (exact) mass is 453 g/mol. The van der Waals surface area contributed by atoms with Crippen LogP contribution in [0.5, 0.6) is 11.5 Å². The van der Waals surface area contributed by atoms with Crippen molar-refractivity contribution in [3.05, 3.63) is 59.7 Å². The number of ether oxygens (including phenoxy) is 2. The van der Waals surface area contributed by atoms with E-state index in [2.05, 4.69) is 10.9 Å². The van der Waals surface area contributed by atoms with Crippen LogP contribution >= 0.6 is 0 Å². The summed E-state index contributed by atoms with van der Waals surface area (Å²) in [6, 6.07) is 15.0. The SMILES string of the molecule is Cc1ccc(OCC(=O)NNC(=O)C2CCN(C(=O)CCOc3ccccc3)CC2)cc1C. The topological polar surface area (TPSA) is 97.0 Å².